The molecule has 0 heterocycles. The first-order valence-electron chi connectivity index (χ1n) is 6.63. The van der Waals surface area contributed by atoms with E-state index >= 15 is 0 Å². The van der Waals surface area contributed by atoms with Gasteiger partial charge in [-0.25, -0.2) is 0 Å². The summed E-state index contributed by atoms with van der Waals surface area (Å²) in [5.74, 6) is -1.27. The summed E-state index contributed by atoms with van der Waals surface area (Å²) in [6.07, 6.45) is 3.16. The fourth-order valence-electron chi connectivity index (χ4n) is 3.15. The number of carbonyl (C=O) groups excluding carboxylic acids is 3. The number of rotatable bonds is 2. The number of ketones is 3. The largest absolute Gasteiger partial charge is 0.297 e. The summed E-state index contributed by atoms with van der Waals surface area (Å²) in [5.41, 5.74) is -0.667. The fourth-order valence-corrected chi connectivity index (χ4v) is 3.95. The van der Waals surface area contributed by atoms with E-state index in [4.69, 9.17) is 0 Å². The van der Waals surface area contributed by atoms with Crippen LogP contribution in [0.15, 0.2) is 40.9 Å². The molecule has 0 saturated heterocycles. The second-order valence-corrected chi connectivity index (χ2v) is 6.16. The number of fused-ring (bicyclic) bond motifs is 2. The van der Waals surface area contributed by atoms with Crippen LogP contribution in [-0.4, -0.2) is 17.3 Å². The molecule has 3 rings (SSSR count). The van der Waals surface area contributed by atoms with Gasteiger partial charge >= 0.3 is 0 Å². The molecule has 1 aromatic rings. The first kappa shape index (κ1) is 13.4. The molecular formula is C16H13BrO3. The van der Waals surface area contributed by atoms with Crippen molar-refractivity contribution in [2.75, 3.05) is 0 Å². The lowest BCUT2D eigenvalue weighted by atomic mass is 9.61. The van der Waals surface area contributed by atoms with Gasteiger partial charge in [0.1, 0.15) is 5.41 Å². The van der Waals surface area contributed by atoms with Crippen LogP contribution >= 0.6 is 15.9 Å². The van der Waals surface area contributed by atoms with Crippen molar-refractivity contribution in [3.05, 3.63) is 46.5 Å². The van der Waals surface area contributed by atoms with E-state index in [1.54, 1.807) is 24.3 Å². The van der Waals surface area contributed by atoms with Crippen LogP contribution in [0.5, 0.6) is 0 Å². The van der Waals surface area contributed by atoms with Crippen molar-refractivity contribution in [3.63, 3.8) is 0 Å². The minimum atomic E-state index is -1.18. The van der Waals surface area contributed by atoms with E-state index in [9.17, 15) is 14.4 Å². The molecule has 0 N–H and O–H groups in total. The Morgan fingerprint density at radius 1 is 1.20 bits per heavy atom. The van der Waals surface area contributed by atoms with Crippen LogP contribution in [0.2, 0.25) is 0 Å². The van der Waals surface area contributed by atoms with Gasteiger partial charge in [-0.3, -0.25) is 14.4 Å². The summed E-state index contributed by atoms with van der Waals surface area (Å²) >= 11 is 3.31. The molecule has 4 heteroatoms. The van der Waals surface area contributed by atoms with E-state index in [0.717, 1.165) is 0 Å². The van der Waals surface area contributed by atoms with Crippen molar-refractivity contribution in [3.8, 4) is 0 Å². The van der Waals surface area contributed by atoms with Gasteiger partial charge in [-0.1, -0.05) is 52.7 Å². The van der Waals surface area contributed by atoms with Gasteiger partial charge in [0.2, 0.25) is 0 Å². The van der Waals surface area contributed by atoms with Crippen LogP contribution in [0.1, 0.15) is 29.6 Å². The summed E-state index contributed by atoms with van der Waals surface area (Å²) in [6, 6.07) is 8.81. The monoisotopic (exact) mass is 332 g/mol. The molecule has 0 radical (unpaired) electrons. The molecule has 3 nitrogen and oxygen atoms in total. The molecule has 0 aliphatic heterocycles. The highest BCUT2D eigenvalue weighted by molar-refractivity contribution is 9.11. The van der Waals surface area contributed by atoms with Gasteiger partial charge in [0, 0.05) is 10.0 Å². The highest BCUT2D eigenvalue weighted by atomic mass is 79.9. The number of benzene rings is 1. The third-order valence-electron chi connectivity index (χ3n) is 4.23. The van der Waals surface area contributed by atoms with E-state index < -0.39 is 11.3 Å². The Morgan fingerprint density at radius 3 is 2.60 bits per heavy atom. The summed E-state index contributed by atoms with van der Waals surface area (Å²) in [6.45, 7) is 0. The molecule has 2 bridgehead atoms. The molecule has 20 heavy (non-hydrogen) atoms. The summed E-state index contributed by atoms with van der Waals surface area (Å²) < 4.78 is 0.421. The van der Waals surface area contributed by atoms with Crippen LogP contribution in [0.3, 0.4) is 0 Å². The van der Waals surface area contributed by atoms with Gasteiger partial charge in [0.05, 0.1) is 5.92 Å². The minimum absolute atomic E-state index is 0.182. The number of Topliss-reactive ketones (excluding diaryl/α,β-unsaturated/α-hetero) is 2. The second-order valence-electron chi connectivity index (χ2n) is 5.30. The minimum Gasteiger partial charge on any atom is -0.297 e. The third-order valence-corrected chi connectivity index (χ3v) is 5.13. The highest BCUT2D eigenvalue weighted by Crippen LogP contribution is 2.49. The van der Waals surface area contributed by atoms with Gasteiger partial charge in [-0.15, -0.1) is 0 Å². The Balaban J connectivity index is 2.14. The quantitative estimate of drug-likeness (QED) is 0.617. The SMILES string of the molecule is O=C1C=C(Br)C2(C(=O)c3ccccc3)CCC[C@H]1C2=O. The summed E-state index contributed by atoms with van der Waals surface area (Å²) in [7, 11) is 0. The first-order valence-corrected chi connectivity index (χ1v) is 7.42. The van der Waals surface area contributed by atoms with Crippen molar-refractivity contribution in [1.29, 1.82) is 0 Å². The first-order chi connectivity index (χ1) is 9.57. The molecule has 1 aromatic carbocycles. The maximum Gasteiger partial charge on any atom is 0.181 e. The van der Waals surface area contributed by atoms with E-state index in [1.807, 2.05) is 6.07 Å². The van der Waals surface area contributed by atoms with Crippen LogP contribution in [-0.2, 0) is 9.59 Å². The van der Waals surface area contributed by atoms with Crippen LogP contribution in [0.25, 0.3) is 0 Å². The molecule has 1 saturated carbocycles. The lowest BCUT2D eigenvalue weighted by Gasteiger charge is -2.40. The molecular weight excluding hydrogens is 320 g/mol. The van der Waals surface area contributed by atoms with Crippen LogP contribution in [0, 0.1) is 11.3 Å². The zero-order valence-electron chi connectivity index (χ0n) is 10.8. The van der Waals surface area contributed by atoms with E-state index in [0.29, 0.717) is 29.3 Å². The molecule has 1 fully saturated rings. The molecule has 2 aliphatic carbocycles. The molecule has 1 unspecified atom stereocenters. The van der Waals surface area contributed by atoms with Crippen molar-refractivity contribution in [1.82, 2.24) is 0 Å². The number of halogens is 1. The smallest absolute Gasteiger partial charge is 0.181 e. The van der Waals surface area contributed by atoms with E-state index in [-0.39, 0.29) is 17.3 Å². The fraction of sp³-hybridized carbons (Fsp3) is 0.312. The standard InChI is InChI=1S/C16H13BrO3/c17-13-9-12(18)11-7-4-8-16(13,15(11)20)14(19)10-5-2-1-3-6-10/h1-3,5-6,9,11H,4,7-8H2/t11-,16?/m1/s1. The van der Waals surface area contributed by atoms with Crippen LogP contribution < -0.4 is 0 Å². The van der Waals surface area contributed by atoms with Gasteiger partial charge in [0.25, 0.3) is 0 Å². The lowest BCUT2D eigenvalue weighted by molar-refractivity contribution is -0.138. The predicted molar refractivity (Wildman–Crippen MR) is 77.6 cm³/mol. The average molecular weight is 333 g/mol. The van der Waals surface area contributed by atoms with Gasteiger partial charge in [-0.2, -0.15) is 0 Å². The molecule has 2 atom stereocenters. The van der Waals surface area contributed by atoms with Gasteiger partial charge < -0.3 is 0 Å². The Labute approximate surface area is 125 Å². The van der Waals surface area contributed by atoms with Crippen molar-refractivity contribution >= 4 is 33.3 Å². The maximum atomic E-state index is 12.9. The number of carbonyl (C=O) groups is 3. The van der Waals surface area contributed by atoms with Crippen LogP contribution in [0.4, 0.5) is 0 Å². The highest BCUT2D eigenvalue weighted by Gasteiger charge is 2.56. The zero-order chi connectivity index (χ0) is 14.3. The second kappa shape index (κ2) is 4.77. The molecule has 0 aromatic heterocycles. The Hall–Kier alpha value is -1.55. The topological polar surface area (TPSA) is 51.2 Å². The molecule has 2 aliphatic rings. The number of hydrogen-bond donors (Lipinski definition) is 0. The van der Waals surface area contributed by atoms with E-state index in [2.05, 4.69) is 15.9 Å². The molecule has 0 amide bonds. The molecule has 0 spiro atoms. The Kier molecular flexibility index (Phi) is 3.21. The van der Waals surface area contributed by atoms with Crippen molar-refractivity contribution in [2.45, 2.75) is 19.3 Å². The summed E-state index contributed by atoms with van der Waals surface area (Å²) in [5, 5.41) is 0. The number of allylic oxidation sites excluding steroid dienone is 2. The van der Waals surface area contributed by atoms with Gasteiger partial charge in [-0.05, 0) is 18.9 Å². The van der Waals surface area contributed by atoms with Gasteiger partial charge in [0.15, 0.2) is 17.3 Å². The Morgan fingerprint density at radius 2 is 1.90 bits per heavy atom. The zero-order valence-corrected chi connectivity index (χ0v) is 12.4. The Bertz CT molecular complexity index is 632. The summed E-state index contributed by atoms with van der Waals surface area (Å²) in [4.78, 5) is 37.4. The van der Waals surface area contributed by atoms with Crippen molar-refractivity contribution < 1.29 is 14.4 Å². The maximum absolute atomic E-state index is 12.9. The third kappa shape index (κ3) is 1.74. The van der Waals surface area contributed by atoms with Crippen molar-refractivity contribution in [2.24, 2.45) is 11.3 Å². The predicted octanol–water partition coefficient (Wildman–Crippen LogP) is 3.09. The number of hydrogen-bond acceptors (Lipinski definition) is 3. The lowest BCUT2D eigenvalue weighted by Crippen LogP contribution is -2.51. The average Bonchev–Trinajstić information content (AvgIpc) is 2.46. The van der Waals surface area contributed by atoms with E-state index in [1.165, 1.54) is 6.08 Å². The molecule has 102 valence electrons. The normalized spacial score (nSPS) is 29.1.